The third-order valence-corrected chi connectivity index (χ3v) is 5.30. The van der Waals surface area contributed by atoms with Crippen LogP contribution in [-0.4, -0.2) is 24.3 Å². The van der Waals surface area contributed by atoms with E-state index < -0.39 is 0 Å². The largest absolute Gasteiger partial charge is 0.489 e. The van der Waals surface area contributed by atoms with E-state index in [9.17, 15) is 4.79 Å². The Hall–Kier alpha value is -3.48. The molecule has 0 spiro atoms. The van der Waals surface area contributed by atoms with Crippen LogP contribution in [0.15, 0.2) is 47.0 Å². The first-order chi connectivity index (χ1) is 15.0. The number of amides is 1. The van der Waals surface area contributed by atoms with Crippen LogP contribution in [0.2, 0.25) is 0 Å². The average molecular weight is 422 g/mol. The van der Waals surface area contributed by atoms with E-state index in [1.54, 1.807) is 0 Å². The first-order valence-corrected chi connectivity index (χ1v) is 10.3. The molecule has 2 aromatic carbocycles. The maximum Gasteiger partial charge on any atom is 0.224 e. The Morgan fingerprint density at radius 3 is 2.55 bits per heavy atom. The summed E-state index contributed by atoms with van der Waals surface area (Å²) in [6.07, 6.45) is 0.291. The van der Waals surface area contributed by atoms with Crippen molar-refractivity contribution in [3.8, 4) is 17.2 Å². The molecular formula is C24H26N2O5. The highest BCUT2D eigenvalue weighted by Gasteiger charge is 2.16. The second-order valence-corrected chi connectivity index (χ2v) is 7.60. The van der Waals surface area contributed by atoms with Gasteiger partial charge in [0.25, 0.3) is 0 Å². The third-order valence-electron chi connectivity index (χ3n) is 5.30. The number of nitrogens with one attached hydrogen (secondary N) is 1. The van der Waals surface area contributed by atoms with E-state index in [1.165, 1.54) is 0 Å². The number of aryl methyl sites for hydroxylation is 2. The van der Waals surface area contributed by atoms with Crippen molar-refractivity contribution < 1.29 is 23.5 Å². The minimum atomic E-state index is -0.138. The summed E-state index contributed by atoms with van der Waals surface area (Å²) in [4.78, 5) is 12.5. The first kappa shape index (κ1) is 20.8. The second kappa shape index (κ2) is 9.12. The van der Waals surface area contributed by atoms with Gasteiger partial charge < -0.3 is 24.1 Å². The summed E-state index contributed by atoms with van der Waals surface area (Å²) in [5.74, 6) is 2.90. The molecule has 0 aliphatic carbocycles. The predicted octanol–water partition coefficient (Wildman–Crippen LogP) is 4.06. The van der Waals surface area contributed by atoms with E-state index in [2.05, 4.69) is 10.5 Å². The highest BCUT2D eigenvalue weighted by molar-refractivity contribution is 5.79. The van der Waals surface area contributed by atoms with Crippen molar-refractivity contribution >= 4 is 5.91 Å². The van der Waals surface area contributed by atoms with E-state index in [0.717, 1.165) is 45.4 Å². The van der Waals surface area contributed by atoms with Crippen LogP contribution in [0.5, 0.6) is 17.2 Å². The van der Waals surface area contributed by atoms with Gasteiger partial charge in [-0.1, -0.05) is 23.4 Å². The summed E-state index contributed by atoms with van der Waals surface area (Å²) < 4.78 is 22.1. The van der Waals surface area contributed by atoms with Crippen LogP contribution in [0.1, 0.15) is 41.1 Å². The topological polar surface area (TPSA) is 82.8 Å². The third kappa shape index (κ3) is 4.99. The Bertz CT molecular complexity index is 1040. The van der Waals surface area contributed by atoms with Crippen molar-refractivity contribution in [2.24, 2.45) is 0 Å². The molecule has 3 aromatic rings. The molecule has 1 aromatic heterocycles. The monoisotopic (exact) mass is 422 g/mol. The molecule has 1 atom stereocenters. The van der Waals surface area contributed by atoms with Gasteiger partial charge in [0.1, 0.15) is 31.3 Å². The van der Waals surface area contributed by atoms with Gasteiger partial charge in [-0.25, -0.2) is 0 Å². The molecule has 162 valence electrons. The van der Waals surface area contributed by atoms with E-state index in [0.29, 0.717) is 26.2 Å². The number of nitrogens with zero attached hydrogens (tertiary/aromatic N) is 1. The molecule has 4 rings (SSSR count). The molecule has 31 heavy (non-hydrogen) atoms. The van der Waals surface area contributed by atoms with Gasteiger partial charge in [-0.3, -0.25) is 4.79 Å². The molecule has 1 aliphatic rings. The number of fused-ring (bicyclic) bond motifs is 1. The van der Waals surface area contributed by atoms with Gasteiger partial charge in [0.05, 0.1) is 23.7 Å². The fourth-order valence-corrected chi connectivity index (χ4v) is 3.46. The minimum absolute atomic E-state index is 0.0493. The van der Waals surface area contributed by atoms with Crippen molar-refractivity contribution in [1.29, 1.82) is 0 Å². The summed E-state index contributed by atoms with van der Waals surface area (Å²) >= 11 is 0. The van der Waals surface area contributed by atoms with Crippen LogP contribution in [0.3, 0.4) is 0 Å². The first-order valence-electron chi connectivity index (χ1n) is 10.3. The molecule has 1 unspecified atom stereocenters. The van der Waals surface area contributed by atoms with Crippen LogP contribution in [0, 0.1) is 13.8 Å². The van der Waals surface area contributed by atoms with Gasteiger partial charge in [0.15, 0.2) is 11.5 Å². The molecule has 7 heteroatoms. The zero-order valence-electron chi connectivity index (χ0n) is 17.9. The molecule has 1 amide bonds. The standard InChI is InChI=1S/C24H26N2O5/c1-15(19-6-9-22-23(13-19)29-11-10-28-22)25-24(27)12-18-4-7-20(8-5-18)30-14-21-16(2)26-31-17(21)3/h4-9,13,15H,10-12,14H2,1-3H3,(H,25,27). The average Bonchev–Trinajstić information content (AvgIpc) is 3.10. The maximum atomic E-state index is 12.5. The van der Waals surface area contributed by atoms with E-state index in [1.807, 2.05) is 63.2 Å². The highest BCUT2D eigenvalue weighted by Crippen LogP contribution is 2.32. The van der Waals surface area contributed by atoms with Crippen LogP contribution < -0.4 is 19.5 Å². The normalized spacial score (nSPS) is 13.5. The van der Waals surface area contributed by atoms with Crippen molar-refractivity contribution in [1.82, 2.24) is 10.5 Å². The van der Waals surface area contributed by atoms with E-state index in [4.69, 9.17) is 18.7 Å². The van der Waals surface area contributed by atoms with Crippen LogP contribution in [-0.2, 0) is 17.8 Å². The fourth-order valence-electron chi connectivity index (χ4n) is 3.46. The lowest BCUT2D eigenvalue weighted by Gasteiger charge is -2.21. The van der Waals surface area contributed by atoms with E-state index in [-0.39, 0.29) is 11.9 Å². The number of hydrogen-bond donors (Lipinski definition) is 1. The summed E-state index contributed by atoms with van der Waals surface area (Å²) in [6, 6.07) is 13.1. The van der Waals surface area contributed by atoms with Crippen molar-refractivity contribution in [3.05, 3.63) is 70.6 Å². The van der Waals surface area contributed by atoms with Crippen LogP contribution in [0.25, 0.3) is 0 Å². The van der Waals surface area contributed by atoms with Crippen LogP contribution in [0.4, 0.5) is 0 Å². The number of ether oxygens (including phenoxy) is 3. The SMILES string of the molecule is Cc1noc(C)c1COc1ccc(CC(=O)NC(C)c2ccc3c(c2)OCCO3)cc1. The Kier molecular flexibility index (Phi) is 6.11. The lowest BCUT2D eigenvalue weighted by atomic mass is 10.1. The molecule has 1 N–H and O–H groups in total. The predicted molar refractivity (Wildman–Crippen MR) is 114 cm³/mol. The lowest BCUT2D eigenvalue weighted by Crippen LogP contribution is -2.28. The second-order valence-electron chi connectivity index (χ2n) is 7.60. The number of carbonyl (C=O) groups is 1. The molecule has 1 aliphatic heterocycles. The Balaban J connectivity index is 1.30. The quantitative estimate of drug-likeness (QED) is 0.618. The van der Waals surface area contributed by atoms with Gasteiger partial charge in [-0.15, -0.1) is 0 Å². The molecule has 0 radical (unpaired) electrons. The van der Waals surface area contributed by atoms with Crippen molar-refractivity contribution in [3.63, 3.8) is 0 Å². The molecule has 0 saturated carbocycles. The molecular weight excluding hydrogens is 396 g/mol. The number of carbonyl (C=O) groups excluding carboxylic acids is 1. The van der Waals surface area contributed by atoms with Crippen molar-refractivity contribution in [2.75, 3.05) is 13.2 Å². The Labute approximate surface area is 181 Å². The molecule has 0 saturated heterocycles. The number of benzene rings is 2. The molecule has 0 fully saturated rings. The summed E-state index contributed by atoms with van der Waals surface area (Å²) in [7, 11) is 0. The summed E-state index contributed by atoms with van der Waals surface area (Å²) in [5, 5.41) is 6.97. The fraction of sp³-hybridized carbons (Fsp3) is 0.333. The van der Waals surface area contributed by atoms with Gasteiger partial charge in [-0.05, 0) is 56.2 Å². The zero-order chi connectivity index (χ0) is 21.8. The van der Waals surface area contributed by atoms with Gasteiger partial charge >= 0.3 is 0 Å². The number of hydrogen-bond acceptors (Lipinski definition) is 6. The molecule has 2 heterocycles. The molecule has 0 bridgehead atoms. The zero-order valence-corrected chi connectivity index (χ0v) is 17.9. The lowest BCUT2D eigenvalue weighted by molar-refractivity contribution is -0.121. The summed E-state index contributed by atoms with van der Waals surface area (Å²) in [6.45, 7) is 7.20. The Morgan fingerprint density at radius 1 is 1.10 bits per heavy atom. The van der Waals surface area contributed by atoms with Gasteiger partial charge in [0.2, 0.25) is 5.91 Å². The Morgan fingerprint density at radius 2 is 1.84 bits per heavy atom. The highest BCUT2D eigenvalue weighted by atomic mass is 16.6. The summed E-state index contributed by atoms with van der Waals surface area (Å²) in [5.41, 5.74) is 3.67. The smallest absolute Gasteiger partial charge is 0.224 e. The molecule has 7 nitrogen and oxygen atoms in total. The van der Waals surface area contributed by atoms with Crippen molar-refractivity contribution in [2.45, 2.75) is 39.8 Å². The van der Waals surface area contributed by atoms with E-state index >= 15 is 0 Å². The maximum absolute atomic E-state index is 12.5. The number of aromatic nitrogens is 1. The van der Waals surface area contributed by atoms with Gasteiger partial charge in [0, 0.05) is 0 Å². The van der Waals surface area contributed by atoms with Crippen LogP contribution >= 0.6 is 0 Å². The minimum Gasteiger partial charge on any atom is -0.489 e. The number of rotatable bonds is 7. The van der Waals surface area contributed by atoms with Gasteiger partial charge in [-0.2, -0.15) is 0 Å².